The lowest BCUT2D eigenvalue weighted by Crippen LogP contribution is -2.28. The number of rotatable bonds is 4. The summed E-state index contributed by atoms with van der Waals surface area (Å²) in [6.45, 7) is 0. The van der Waals surface area contributed by atoms with Crippen LogP contribution in [0.3, 0.4) is 0 Å². The van der Waals surface area contributed by atoms with Crippen molar-refractivity contribution in [2.45, 2.75) is 4.90 Å². The van der Waals surface area contributed by atoms with Crippen molar-refractivity contribution in [1.82, 2.24) is 10.4 Å². The number of nitrogens with two attached hydrogens (primary N) is 2. The van der Waals surface area contributed by atoms with E-state index in [1.807, 2.05) is 0 Å². The molecule has 0 aliphatic rings. The first kappa shape index (κ1) is 15.4. The third-order valence-electron chi connectivity index (χ3n) is 2.46. The molecule has 0 aliphatic carbocycles. The SMILES string of the molecule is NC(=NS(=O)(=O)c1ccc(N)cc1)NN=Cc1ccccn1. The van der Waals surface area contributed by atoms with Crippen molar-refractivity contribution < 1.29 is 8.42 Å². The first-order chi connectivity index (χ1) is 10.5. The summed E-state index contributed by atoms with van der Waals surface area (Å²) in [6.07, 6.45) is 2.99. The monoisotopic (exact) mass is 318 g/mol. The molecular weight excluding hydrogens is 304 g/mol. The van der Waals surface area contributed by atoms with Gasteiger partial charge in [0.2, 0.25) is 5.96 Å². The van der Waals surface area contributed by atoms with Crippen molar-refractivity contribution in [3.8, 4) is 0 Å². The Hall–Kier alpha value is -2.94. The van der Waals surface area contributed by atoms with Gasteiger partial charge < -0.3 is 11.5 Å². The zero-order valence-corrected chi connectivity index (χ0v) is 12.2. The van der Waals surface area contributed by atoms with Crippen molar-refractivity contribution in [1.29, 1.82) is 0 Å². The number of anilines is 1. The normalized spacial score (nSPS) is 12.5. The van der Waals surface area contributed by atoms with Gasteiger partial charge in [0.1, 0.15) is 0 Å². The van der Waals surface area contributed by atoms with Gasteiger partial charge >= 0.3 is 0 Å². The molecule has 0 saturated carbocycles. The number of sulfonamides is 1. The molecule has 114 valence electrons. The third kappa shape index (κ3) is 4.28. The largest absolute Gasteiger partial charge is 0.399 e. The molecule has 22 heavy (non-hydrogen) atoms. The van der Waals surface area contributed by atoms with E-state index in [2.05, 4.69) is 19.9 Å². The molecule has 5 N–H and O–H groups in total. The van der Waals surface area contributed by atoms with E-state index in [1.165, 1.54) is 30.5 Å². The molecule has 0 bridgehead atoms. The number of benzene rings is 1. The average molecular weight is 318 g/mol. The van der Waals surface area contributed by atoms with E-state index in [1.54, 1.807) is 24.4 Å². The standard InChI is InChI=1S/C13H14N6O2S/c14-10-4-6-12(7-5-10)22(20,21)19-13(15)18-17-9-11-3-1-2-8-16-11/h1-9H,14H2,(H3,15,18,19). The number of nitrogen functional groups attached to an aromatic ring is 1. The fourth-order valence-corrected chi connectivity index (χ4v) is 2.34. The van der Waals surface area contributed by atoms with E-state index in [-0.39, 0.29) is 10.9 Å². The van der Waals surface area contributed by atoms with Gasteiger partial charge in [-0.15, -0.1) is 4.40 Å². The molecule has 0 spiro atoms. The van der Waals surface area contributed by atoms with Gasteiger partial charge in [0, 0.05) is 11.9 Å². The summed E-state index contributed by atoms with van der Waals surface area (Å²) in [6, 6.07) is 10.9. The number of pyridine rings is 1. The lowest BCUT2D eigenvalue weighted by Gasteiger charge is -2.01. The molecular formula is C13H14N6O2S. The van der Waals surface area contributed by atoms with Gasteiger partial charge in [0.05, 0.1) is 16.8 Å². The Morgan fingerprint density at radius 3 is 2.55 bits per heavy atom. The van der Waals surface area contributed by atoms with Gasteiger partial charge in [-0.2, -0.15) is 13.5 Å². The first-order valence-corrected chi connectivity index (χ1v) is 7.57. The van der Waals surface area contributed by atoms with Crippen LogP contribution in [0.2, 0.25) is 0 Å². The number of nitrogens with one attached hydrogen (secondary N) is 1. The van der Waals surface area contributed by atoms with Crippen LogP contribution in [-0.4, -0.2) is 25.6 Å². The predicted molar refractivity (Wildman–Crippen MR) is 84.6 cm³/mol. The van der Waals surface area contributed by atoms with Crippen molar-refractivity contribution >= 4 is 27.9 Å². The van der Waals surface area contributed by atoms with Crippen molar-refractivity contribution in [2.75, 3.05) is 5.73 Å². The second-order valence-electron chi connectivity index (χ2n) is 4.15. The van der Waals surface area contributed by atoms with E-state index in [4.69, 9.17) is 11.5 Å². The Morgan fingerprint density at radius 1 is 1.18 bits per heavy atom. The van der Waals surface area contributed by atoms with Gasteiger partial charge in [0.25, 0.3) is 10.0 Å². The van der Waals surface area contributed by atoms with Crippen LogP contribution in [0.4, 0.5) is 5.69 Å². The van der Waals surface area contributed by atoms with Crippen LogP contribution < -0.4 is 16.9 Å². The summed E-state index contributed by atoms with van der Waals surface area (Å²) in [5.41, 5.74) is 14.4. The second kappa shape index (κ2) is 6.68. The summed E-state index contributed by atoms with van der Waals surface area (Å²) in [7, 11) is -3.92. The number of nitrogens with zero attached hydrogens (tertiary/aromatic N) is 3. The van der Waals surface area contributed by atoms with Gasteiger partial charge in [-0.3, -0.25) is 4.98 Å². The number of hydrogen-bond acceptors (Lipinski definition) is 5. The molecule has 0 amide bonds. The Labute approximate surface area is 127 Å². The summed E-state index contributed by atoms with van der Waals surface area (Å²) in [5.74, 6) is -0.357. The van der Waals surface area contributed by atoms with Crippen LogP contribution >= 0.6 is 0 Å². The van der Waals surface area contributed by atoms with Crippen molar-refractivity contribution in [3.05, 3.63) is 54.4 Å². The van der Waals surface area contributed by atoms with Gasteiger partial charge in [-0.1, -0.05) is 6.07 Å². The van der Waals surface area contributed by atoms with Crippen LogP contribution in [0.1, 0.15) is 5.69 Å². The first-order valence-electron chi connectivity index (χ1n) is 6.13. The van der Waals surface area contributed by atoms with Crippen LogP contribution in [0.5, 0.6) is 0 Å². The molecule has 2 rings (SSSR count). The number of hydrogen-bond donors (Lipinski definition) is 3. The highest BCUT2D eigenvalue weighted by Crippen LogP contribution is 2.13. The molecule has 0 unspecified atom stereocenters. The number of aromatic nitrogens is 1. The second-order valence-corrected chi connectivity index (χ2v) is 5.75. The highest BCUT2D eigenvalue weighted by molar-refractivity contribution is 7.90. The molecule has 2 aromatic rings. The summed E-state index contributed by atoms with van der Waals surface area (Å²) in [5, 5.41) is 3.76. The van der Waals surface area contributed by atoms with Crippen molar-refractivity contribution in [2.24, 2.45) is 15.2 Å². The van der Waals surface area contributed by atoms with Gasteiger partial charge in [-0.05, 0) is 36.4 Å². The van der Waals surface area contributed by atoms with Crippen molar-refractivity contribution in [3.63, 3.8) is 0 Å². The Morgan fingerprint density at radius 2 is 1.91 bits per heavy atom. The van der Waals surface area contributed by atoms with E-state index < -0.39 is 10.0 Å². The zero-order valence-electron chi connectivity index (χ0n) is 11.4. The average Bonchev–Trinajstić information content (AvgIpc) is 2.48. The van der Waals surface area contributed by atoms with E-state index in [0.717, 1.165) is 0 Å². The number of guanidine groups is 1. The summed E-state index contributed by atoms with van der Waals surface area (Å²) >= 11 is 0. The van der Waals surface area contributed by atoms with Gasteiger partial charge in [-0.25, -0.2) is 5.43 Å². The third-order valence-corrected chi connectivity index (χ3v) is 3.77. The Bertz CT molecular complexity index is 785. The van der Waals surface area contributed by atoms with Crippen LogP contribution in [-0.2, 0) is 10.0 Å². The van der Waals surface area contributed by atoms with Gasteiger partial charge in [0.15, 0.2) is 0 Å². The fourth-order valence-electron chi connectivity index (χ4n) is 1.46. The highest BCUT2D eigenvalue weighted by atomic mass is 32.2. The predicted octanol–water partition coefficient (Wildman–Crippen LogP) is 0.291. The lowest BCUT2D eigenvalue weighted by molar-refractivity contribution is 0.597. The van der Waals surface area contributed by atoms with E-state index in [9.17, 15) is 8.42 Å². The van der Waals surface area contributed by atoms with E-state index >= 15 is 0 Å². The lowest BCUT2D eigenvalue weighted by atomic mass is 10.3. The zero-order chi connectivity index (χ0) is 16.0. The molecule has 0 atom stereocenters. The molecule has 0 aliphatic heterocycles. The van der Waals surface area contributed by atoms with Crippen LogP contribution in [0.25, 0.3) is 0 Å². The minimum Gasteiger partial charge on any atom is -0.399 e. The molecule has 9 heteroatoms. The Kier molecular flexibility index (Phi) is 4.69. The van der Waals surface area contributed by atoms with Crippen LogP contribution in [0, 0.1) is 0 Å². The molecule has 1 aromatic carbocycles. The maximum absolute atomic E-state index is 12.0. The Balaban J connectivity index is 2.08. The molecule has 0 fully saturated rings. The smallest absolute Gasteiger partial charge is 0.285 e. The molecule has 1 aromatic heterocycles. The molecule has 0 saturated heterocycles. The minimum atomic E-state index is -3.92. The maximum Gasteiger partial charge on any atom is 0.285 e. The topological polar surface area (TPSA) is 136 Å². The van der Waals surface area contributed by atoms with E-state index in [0.29, 0.717) is 11.4 Å². The quantitative estimate of drug-likeness (QED) is 0.321. The van der Waals surface area contributed by atoms with Crippen LogP contribution in [0.15, 0.2) is 63.1 Å². The molecule has 0 radical (unpaired) electrons. The summed E-state index contributed by atoms with van der Waals surface area (Å²) in [4.78, 5) is 3.99. The fraction of sp³-hybridized carbons (Fsp3) is 0. The summed E-state index contributed by atoms with van der Waals surface area (Å²) < 4.78 is 27.4. The molecule has 1 heterocycles. The molecule has 8 nitrogen and oxygen atoms in total. The number of hydrazone groups is 1. The maximum atomic E-state index is 12.0. The highest BCUT2D eigenvalue weighted by Gasteiger charge is 2.12. The minimum absolute atomic E-state index is 0.0137.